The number of aliphatic hydroxyl groups is 1. The lowest BCUT2D eigenvalue weighted by Gasteiger charge is -2.20. The molecule has 1 N–H and O–H groups in total. The van der Waals surface area contributed by atoms with Crippen LogP contribution < -0.4 is 0 Å². The van der Waals surface area contributed by atoms with E-state index in [1.54, 1.807) is 0 Å². The zero-order chi connectivity index (χ0) is 11.7. The van der Waals surface area contributed by atoms with E-state index in [0.29, 0.717) is 17.8 Å². The van der Waals surface area contributed by atoms with E-state index in [1.165, 1.54) is 25.7 Å². The Balaban J connectivity index is 1.84. The molecule has 2 heteroatoms. The van der Waals surface area contributed by atoms with Gasteiger partial charge in [-0.25, -0.2) is 0 Å². The lowest BCUT2D eigenvalue weighted by atomic mass is 9.90. The molecule has 6 atom stereocenters. The van der Waals surface area contributed by atoms with Crippen molar-refractivity contribution in [2.45, 2.75) is 51.2 Å². The Morgan fingerprint density at radius 3 is 2.56 bits per heavy atom. The molecule has 0 amide bonds. The predicted molar refractivity (Wildman–Crippen MR) is 71.7 cm³/mol. The Bertz CT molecular complexity index is 229. The second-order valence-corrected chi connectivity index (χ2v) is 6.97. The highest BCUT2D eigenvalue weighted by molar-refractivity contribution is 7.80. The average molecular weight is 242 g/mol. The molecule has 0 radical (unpaired) electrons. The second-order valence-electron chi connectivity index (χ2n) is 6.16. The molecule has 0 aromatic rings. The van der Waals surface area contributed by atoms with Crippen LogP contribution >= 0.6 is 12.6 Å². The smallest absolute Gasteiger partial charge is 0.0434 e. The van der Waals surface area contributed by atoms with Crippen LogP contribution in [-0.2, 0) is 0 Å². The largest absolute Gasteiger partial charge is 0.396 e. The van der Waals surface area contributed by atoms with Crippen LogP contribution in [0.4, 0.5) is 0 Å². The molecule has 0 heterocycles. The van der Waals surface area contributed by atoms with Crippen LogP contribution in [0.5, 0.6) is 0 Å². The van der Waals surface area contributed by atoms with Gasteiger partial charge < -0.3 is 5.11 Å². The SMILES string of the molecule is CC(S)C(CCO)C1CC1C1CC[C@@H](C)C1. The van der Waals surface area contributed by atoms with E-state index in [4.69, 9.17) is 5.11 Å². The molecule has 0 saturated heterocycles. The van der Waals surface area contributed by atoms with Crippen molar-refractivity contribution in [3.8, 4) is 0 Å². The van der Waals surface area contributed by atoms with Gasteiger partial charge >= 0.3 is 0 Å². The summed E-state index contributed by atoms with van der Waals surface area (Å²) in [5.74, 6) is 4.43. The van der Waals surface area contributed by atoms with E-state index in [9.17, 15) is 0 Å². The van der Waals surface area contributed by atoms with Crippen LogP contribution in [0.2, 0.25) is 0 Å². The minimum Gasteiger partial charge on any atom is -0.396 e. The van der Waals surface area contributed by atoms with Gasteiger partial charge in [0.15, 0.2) is 0 Å². The predicted octanol–water partition coefficient (Wildman–Crippen LogP) is 3.38. The number of aliphatic hydroxyl groups excluding tert-OH is 1. The minimum atomic E-state index is 0.333. The van der Waals surface area contributed by atoms with Crippen molar-refractivity contribution < 1.29 is 5.11 Å². The maximum Gasteiger partial charge on any atom is 0.0434 e. The summed E-state index contributed by atoms with van der Waals surface area (Å²) in [6.45, 7) is 4.92. The Morgan fingerprint density at radius 2 is 2.06 bits per heavy atom. The quantitative estimate of drug-likeness (QED) is 0.708. The third-order valence-corrected chi connectivity index (χ3v) is 5.25. The zero-order valence-electron chi connectivity index (χ0n) is 10.6. The normalized spacial score (nSPS) is 42.0. The number of hydrogen-bond acceptors (Lipinski definition) is 2. The maximum absolute atomic E-state index is 9.12. The van der Waals surface area contributed by atoms with Crippen molar-refractivity contribution in [1.82, 2.24) is 0 Å². The first-order chi connectivity index (χ1) is 7.63. The van der Waals surface area contributed by atoms with Gasteiger partial charge in [-0.2, -0.15) is 12.6 Å². The Hall–Kier alpha value is 0.310. The molecule has 2 saturated carbocycles. The summed E-state index contributed by atoms with van der Waals surface area (Å²) < 4.78 is 0. The first kappa shape index (κ1) is 12.8. The van der Waals surface area contributed by atoms with Crippen LogP contribution in [0, 0.1) is 29.6 Å². The highest BCUT2D eigenvalue weighted by Crippen LogP contribution is 2.56. The molecular weight excluding hydrogens is 216 g/mol. The molecule has 2 fully saturated rings. The van der Waals surface area contributed by atoms with Gasteiger partial charge in [0.05, 0.1) is 0 Å². The number of hydrogen-bond donors (Lipinski definition) is 2. The molecule has 2 aliphatic rings. The molecule has 94 valence electrons. The molecule has 0 aliphatic heterocycles. The summed E-state index contributed by atoms with van der Waals surface area (Å²) in [5.41, 5.74) is 0. The fourth-order valence-corrected chi connectivity index (χ4v) is 4.24. The van der Waals surface area contributed by atoms with E-state index in [1.807, 2.05) is 0 Å². The highest BCUT2D eigenvalue weighted by Gasteiger charge is 2.48. The van der Waals surface area contributed by atoms with E-state index in [-0.39, 0.29) is 0 Å². The monoisotopic (exact) mass is 242 g/mol. The lowest BCUT2D eigenvalue weighted by molar-refractivity contribution is 0.237. The molecule has 5 unspecified atom stereocenters. The third kappa shape index (κ3) is 2.76. The van der Waals surface area contributed by atoms with Crippen molar-refractivity contribution in [1.29, 1.82) is 0 Å². The average Bonchev–Trinajstić information content (AvgIpc) is 2.90. The Morgan fingerprint density at radius 1 is 1.31 bits per heavy atom. The summed E-state index contributed by atoms with van der Waals surface area (Å²) >= 11 is 4.60. The maximum atomic E-state index is 9.12. The molecular formula is C14H26OS. The van der Waals surface area contributed by atoms with E-state index in [2.05, 4.69) is 26.5 Å². The molecule has 0 aromatic carbocycles. The summed E-state index contributed by atoms with van der Waals surface area (Å²) in [7, 11) is 0. The van der Waals surface area contributed by atoms with Crippen LogP contribution in [0.1, 0.15) is 46.0 Å². The topological polar surface area (TPSA) is 20.2 Å². The third-order valence-electron chi connectivity index (χ3n) is 4.86. The molecule has 2 aliphatic carbocycles. The summed E-state index contributed by atoms with van der Waals surface area (Å²) in [6, 6.07) is 0. The van der Waals surface area contributed by atoms with Gasteiger partial charge in [0.2, 0.25) is 0 Å². The molecule has 0 bridgehead atoms. The van der Waals surface area contributed by atoms with Gasteiger partial charge in [-0.15, -0.1) is 0 Å². The van der Waals surface area contributed by atoms with Crippen molar-refractivity contribution in [2.24, 2.45) is 29.6 Å². The minimum absolute atomic E-state index is 0.333. The Kier molecular flexibility index (Phi) is 4.23. The first-order valence-corrected chi connectivity index (χ1v) is 7.44. The first-order valence-electron chi connectivity index (χ1n) is 6.92. The van der Waals surface area contributed by atoms with Gasteiger partial charge in [-0.1, -0.05) is 20.3 Å². The van der Waals surface area contributed by atoms with E-state index >= 15 is 0 Å². The van der Waals surface area contributed by atoms with Crippen LogP contribution in [0.15, 0.2) is 0 Å². The number of rotatable bonds is 5. The standard InChI is InChI=1S/C14H26OS/c1-9-3-4-11(7-9)13-8-14(13)12(5-6-15)10(2)16/h9-16H,3-8H2,1-2H3/t9-,10?,11?,12?,13?,14?/m1/s1. The van der Waals surface area contributed by atoms with Crippen molar-refractivity contribution in [3.05, 3.63) is 0 Å². The van der Waals surface area contributed by atoms with Gasteiger partial charge in [-0.05, 0) is 55.3 Å². The van der Waals surface area contributed by atoms with Crippen molar-refractivity contribution in [3.63, 3.8) is 0 Å². The Labute approximate surface area is 105 Å². The zero-order valence-corrected chi connectivity index (χ0v) is 11.5. The second kappa shape index (κ2) is 5.30. The van der Waals surface area contributed by atoms with Crippen LogP contribution in [0.3, 0.4) is 0 Å². The fraction of sp³-hybridized carbons (Fsp3) is 1.00. The molecule has 16 heavy (non-hydrogen) atoms. The van der Waals surface area contributed by atoms with Gasteiger partial charge in [-0.3, -0.25) is 0 Å². The van der Waals surface area contributed by atoms with Gasteiger partial charge in [0.25, 0.3) is 0 Å². The molecule has 2 rings (SSSR count). The van der Waals surface area contributed by atoms with Crippen LogP contribution in [0.25, 0.3) is 0 Å². The van der Waals surface area contributed by atoms with E-state index < -0.39 is 0 Å². The fourth-order valence-electron chi connectivity index (χ4n) is 3.87. The van der Waals surface area contributed by atoms with Gasteiger partial charge in [0.1, 0.15) is 0 Å². The summed E-state index contributed by atoms with van der Waals surface area (Å²) in [6.07, 6.45) is 6.71. The highest BCUT2D eigenvalue weighted by atomic mass is 32.1. The lowest BCUT2D eigenvalue weighted by Crippen LogP contribution is -2.18. The summed E-state index contributed by atoms with van der Waals surface area (Å²) in [4.78, 5) is 0. The number of thiol groups is 1. The van der Waals surface area contributed by atoms with Crippen LogP contribution in [-0.4, -0.2) is 17.0 Å². The van der Waals surface area contributed by atoms with Gasteiger partial charge in [0, 0.05) is 11.9 Å². The molecule has 0 spiro atoms. The van der Waals surface area contributed by atoms with E-state index in [0.717, 1.165) is 30.1 Å². The van der Waals surface area contributed by atoms with Crippen molar-refractivity contribution >= 4 is 12.6 Å². The molecule has 1 nitrogen and oxygen atoms in total. The summed E-state index contributed by atoms with van der Waals surface area (Å²) in [5, 5.41) is 9.57. The molecule has 0 aromatic heterocycles. The van der Waals surface area contributed by atoms with Crippen molar-refractivity contribution in [2.75, 3.05) is 6.61 Å².